The van der Waals surface area contributed by atoms with Gasteiger partial charge in [-0.2, -0.15) is 0 Å². The van der Waals surface area contributed by atoms with Crippen LogP contribution in [0, 0.1) is 0 Å². The lowest BCUT2D eigenvalue weighted by Crippen LogP contribution is -2.69. The van der Waals surface area contributed by atoms with Gasteiger partial charge in [0.2, 0.25) is 5.91 Å². The third kappa shape index (κ3) is 3.26. The Morgan fingerprint density at radius 2 is 1.64 bits per heavy atom. The molecule has 10 N–H and O–H groups in total. The maximum atomic E-state index is 11.0. The van der Waals surface area contributed by atoms with E-state index in [1.165, 1.54) is 0 Å². The Morgan fingerprint density at radius 1 is 1.14 bits per heavy atom. The summed E-state index contributed by atoms with van der Waals surface area (Å²) < 4.78 is 0. The van der Waals surface area contributed by atoms with Crippen molar-refractivity contribution in [1.29, 1.82) is 0 Å². The molecule has 82 valence electrons. The molecule has 8 nitrogen and oxygen atoms in total. The highest BCUT2D eigenvalue weighted by Gasteiger charge is 2.33. The van der Waals surface area contributed by atoms with Gasteiger partial charge in [-0.05, 0) is 12.8 Å². The van der Waals surface area contributed by atoms with E-state index in [0.717, 1.165) is 0 Å². The molecule has 0 spiro atoms. The lowest BCUT2D eigenvalue weighted by Gasteiger charge is -2.28. The van der Waals surface area contributed by atoms with Crippen molar-refractivity contribution >= 4 is 11.8 Å². The number of hydrogen-bond acceptors (Lipinski definition) is 6. The van der Waals surface area contributed by atoms with E-state index in [2.05, 4.69) is 10.9 Å². The molecule has 0 aromatic carbocycles. The number of carbonyl (C=O) groups is 2. The number of carbonyl (C=O) groups excluding carboxylic acids is 2. The zero-order valence-corrected chi connectivity index (χ0v) is 7.75. The highest BCUT2D eigenvalue weighted by Crippen LogP contribution is 2.08. The average molecular weight is 204 g/mol. The minimum Gasteiger partial charge on any atom is -0.370 e. The van der Waals surface area contributed by atoms with Crippen LogP contribution in [0.1, 0.15) is 19.3 Å². The van der Waals surface area contributed by atoms with Crippen molar-refractivity contribution in [3.05, 3.63) is 0 Å². The van der Waals surface area contributed by atoms with Crippen LogP contribution in [-0.4, -0.2) is 17.5 Å². The van der Waals surface area contributed by atoms with Crippen LogP contribution < -0.4 is 34.0 Å². The first kappa shape index (κ1) is 12.8. The van der Waals surface area contributed by atoms with E-state index in [1.54, 1.807) is 0 Å². The van der Waals surface area contributed by atoms with Gasteiger partial charge >= 0.3 is 0 Å². The third-order valence-corrected chi connectivity index (χ3v) is 1.89. The highest BCUT2D eigenvalue weighted by molar-refractivity contribution is 5.84. The summed E-state index contributed by atoms with van der Waals surface area (Å²) in [6.45, 7) is 0. The summed E-state index contributed by atoms with van der Waals surface area (Å²) in [5.41, 5.74) is 12.9. The molecule has 0 heterocycles. The molecule has 0 radical (unpaired) electrons. The molecule has 8 heteroatoms. The largest absolute Gasteiger partial charge is 0.370 e. The van der Waals surface area contributed by atoms with Crippen molar-refractivity contribution in [3.63, 3.8) is 0 Å². The molecule has 0 saturated heterocycles. The molecule has 14 heavy (non-hydrogen) atoms. The van der Waals surface area contributed by atoms with Gasteiger partial charge in [0, 0.05) is 6.42 Å². The molecule has 0 aliphatic carbocycles. The standard InChI is InChI=1S/C6H16N6O2/c7-4(13)2-1-3-6(11-9,12-10)5(8)14/h11-12H,1-3,9-10H2,(H2,7,13)(H2,8,14). The SMILES string of the molecule is NNC(CCCC(N)=O)(NN)C(N)=O. The van der Waals surface area contributed by atoms with E-state index in [4.69, 9.17) is 23.2 Å². The Bertz CT molecular complexity index is 214. The number of primary amides is 2. The van der Waals surface area contributed by atoms with Crippen LogP contribution in [0.25, 0.3) is 0 Å². The molecule has 0 aromatic heterocycles. The monoisotopic (exact) mass is 204 g/mol. The number of nitrogens with one attached hydrogen (secondary N) is 2. The third-order valence-electron chi connectivity index (χ3n) is 1.89. The normalized spacial score (nSPS) is 11.3. The Hall–Kier alpha value is -1.22. The molecule has 0 saturated carbocycles. The average Bonchev–Trinajstić information content (AvgIpc) is 2.12. The fourth-order valence-corrected chi connectivity index (χ4v) is 0.979. The summed E-state index contributed by atoms with van der Waals surface area (Å²) in [5, 5.41) is 0. The minimum absolute atomic E-state index is 0.137. The van der Waals surface area contributed by atoms with E-state index in [9.17, 15) is 9.59 Å². The Morgan fingerprint density at radius 3 is 1.93 bits per heavy atom. The summed E-state index contributed by atoms with van der Waals surface area (Å²) >= 11 is 0. The number of hydrogen-bond donors (Lipinski definition) is 6. The highest BCUT2D eigenvalue weighted by atomic mass is 16.2. The number of amides is 2. The van der Waals surface area contributed by atoms with Crippen LogP contribution in [0.15, 0.2) is 0 Å². The van der Waals surface area contributed by atoms with Crippen molar-refractivity contribution < 1.29 is 9.59 Å². The van der Waals surface area contributed by atoms with Gasteiger partial charge < -0.3 is 11.5 Å². The zero-order chi connectivity index (χ0) is 11.2. The molecule has 0 fully saturated rings. The van der Waals surface area contributed by atoms with Crippen molar-refractivity contribution in [1.82, 2.24) is 10.9 Å². The lowest BCUT2D eigenvalue weighted by molar-refractivity contribution is -0.127. The van der Waals surface area contributed by atoms with E-state index in [1.807, 2.05) is 0 Å². The van der Waals surface area contributed by atoms with Gasteiger partial charge in [-0.1, -0.05) is 0 Å². The van der Waals surface area contributed by atoms with Crippen molar-refractivity contribution in [2.45, 2.75) is 24.9 Å². The van der Waals surface area contributed by atoms with E-state index in [-0.39, 0.29) is 12.8 Å². The summed E-state index contributed by atoms with van der Waals surface area (Å²) in [6, 6.07) is 0. The first-order chi connectivity index (χ1) is 6.48. The van der Waals surface area contributed by atoms with Crippen LogP contribution in [0.4, 0.5) is 0 Å². The molecule has 2 amide bonds. The maximum absolute atomic E-state index is 11.0. The maximum Gasteiger partial charge on any atom is 0.255 e. The number of hydrazine groups is 2. The molecular weight excluding hydrogens is 188 g/mol. The van der Waals surface area contributed by atoms with Crippen molar-refractivity contribution in [3.8, 4) is 0 Å². The number of rotatable bonds is 7. The van der Waals surface area contributed by atoms with E-state index >= 15 is 0 Å². The second-order valence-corrected chi connectivity index (χ2v) is 2.88. The van der Waals surface area contributed by atoms with Gasteiger partial charge in [-0.25, -0.2) is 10.9 Å². The summed E-state index contributed by atoms with van der Waals surface area (Å²) in [4.78, 5) is 21.4. The summed E-state index contributed by atoms with van der Waals surface area (Å²) in [6.07, 6.45) is 0.670. The molecule has 0 rings (SSSR count). The fourth-order valence-electron chi connectivity index (χ4n) is 0.979. The second kappa shape index (κ2) is 5.50. The quantitative estimate of drug-likeness (QED) is 0.145. The smallest absolute Gasteiger partial charge is 0.255 e. The van der Waals surface area contributed by atoms with Crippen LogP contribution in [0.2, 0.25) is 0 Å². The second-order valence-electron chi connectivity index (χ2n) is 2.88. The molecular formula is C6H16N6O2. The van der Waals surface area contributed by atoms with Crippen LogP contribution in [0.5, 0.6) is 0 Å². The Balaban J connectivity index is 4.22. The Labute approximate surface area is 81.3 Å². The molecule has 0 aliphatic heterocycles. The van der Waals surface area contributed by atoms with E-state index in [0.29, 0.717) is 6.42 Å². The van der Waals surface area contributed by atoms with Crippen LogP contribution in [0.3, 0.4) is 0 Å². The van der Waals surface area contributed by atoms with Crippen LogP contribution >= 0.6 is 0 Å². The van der Waals surface area contributed by atoms with Crippen molar-refractivity contribution in [2.75, 3.05) is 0 Å². The summed E-state index contributed by atoms with van der Waals surface area (Å²) in [5.74, 6) is 9.05. The first-order valence-electron chi connectivity index (χ1n) is 4.02. The van der Waals surface area contributed by atoms with Gasteiger partial charge in [0.1, 0.15) is 0 Å². The predicted octanol–water partition coefficient (Wildman–Crippen LogP) is -3.25. The van der Waals surface area contributed by atoms with Gasteiger partial charge in [-0.3, -0.25) is 21.3 Å². The minimum atomic E-state index is -1.39. The predicted molar refractivity (Wildman–Crippen MR) is 49.6 cm³/mol. The number of nitrogens with two attached hydrogens (primary N) is 4. The van der Waals surface area contributed by atoms with Crippen LogP contribution in [-0.2, 0) is 9.59 Å². The topological polar surface area (TPSA) is 162 Å². The Kier molecular flexibility index (Phi) is 5.02. The van der Waals surface area contributed by atoms with Gasteiger partial charge in [0.15, 0.2) is 5.66 Å². The molecule has 0 unspecified atom stereocenters. The van der Waals surface area contributed by atoms with Crippen molar-refractivity contribution in [2.24, 2.45) is 23.2 Å². The lowest BCUT2D eigenvalue weighted by atomic mass is 10.0. The molecule has 0 atom stereocenters. The van der Waals surface area contributed by atoms with Gasteiger partial charge in [-0.15, -0.1) is 0 Å². The molecule has 0 bridgehead atoms. The summed E-state index contributed by atoms with van der Waals surface area (Å²) in [7, 11) is 0. The molecule has 0 aliphatic rings. The first-order valence-corrected chi connectivity index (χ1v) is 4.02. The van der Waals surface area contributed by atoms with Gasteiger partial charge in [0.25, 0.3) is 5.91 Å². The zero-order valence-electron chi connectivity index (χ0n) is 7.75. The van der Waals surface area contributed by atoms with Gasteiger partial charge in [0.05, 0.1) is 0 Å². The molecule has 0 aromatic rings. The fraction of sp³-hybridized carbons (Fsp3) is 0.667. The van der Waals surface area contributed by atoms with E-state index < -0.39 is 17.5 Å².